The molecule has 3 rings (SSSR count). The number of sulfonamides is 1. The van der Waals surface area contributed by atoms with Gasteiger partial charge >= 0.3 is 0 Å². The Morgan fingerprint density at radius 3 is 2.53 bits per heavy atom. The Hall–Kier alpha value is -1.11. The molecule has 6 heteroatoms. The highest BCUT2D eigenvalue weighted by atomic mass is 32.2. The number of rotatable bonds is 4. The summed E-state index contributed by atoms with van der Waals surface area (Å²) >= 11 is 0. The highest BCUT2D eigenvalue weighted by Gasteiger charge is 2.30. The first-order valence-corrected chi connectivity index (χ1v) is 8.22. The van der Waals surface area contributed by atoms with Gasteiger partial charge in [0, 0.05) is 32.2 Å². The minimum absolute atomic E-state index is 0.140. The second-order valence-electron chi connectivity index (χ2n) is 5.10. The molecule has 1 saturated carbocycles. The van der Waals surface area contributed by atoms with Crippen molar-refractivity contribution in [1.29, 1.82) is 0 Å². The maximum absolute atomic E-state index is 12.4. The van der Waals surface area contributed by atoms with E-state index in [9.17, 15) is 8.42 Å². The lowest BCUT2D eigenvalue weighted by molar-refractivity contribution is 0.572. The van der Waals surface area contributed by atoms with Gasteiger partial charge in [-0.05, 0) is 25.0 Å². The van der Waals surface area contributed by atoms with E-state index in [4.69, 9.17) is 0 Å². The summed E-state index contributed by atoms with van der Waals surface area (Å²) in [5, 5.41) is 3.28. The van der Waals surface area contributed by atoms with Crippen molar-refractivity contribution in [3.05, 3.63) is 24.3 Å². The fourth-order valence-electron chi connectivity index (χ4n) is 2.34. The van der Waals surface area contributed by atoms with Gasteiger partial charge in [0.15, 0.2) is 0 Å². The zero-order chi connectivity index (χ0) is 13.3. The molecule has 19 heavy (non-hydrogen) atoms. The molecule has 0 amide bonds. The summed E-state index contributed by atoms with van der Waals surface area (Å²) in [6.45, 7) is 3.47. The molecule has 0 aromatic heterocycles. The van der Waals surface area contributed by atoms with Gasteiger partial charge in [0.2, 0.25) is 10.0 Å². The van der Waals surface area contributed by atoms with Gasteiger partial charge < -0.3 is 10.2 Å². The number of para-hydroxylation sites is 1. The molecule has 5 nitrogen and oxygen atoms in total. The summed E-state index contributed by atoms with van der Waals surface area (Å²) in [5.74, 6) is 0. The largest absolute Gasteiger partial charge is 0.368 e. The average Bonchev–Trinajstić information content (AvgIpc) is 3.23. The van der Waals surface area contributed by atoms with Crippen molar-refractivity contribution in [2.24, 2.45) is 0 Å². The predicted octanol–water partition coefficient (Wildman–Crippen LogP) is 0.537. The highest BCUT2D eigenvalue weighted by Crippen LogP contribution is 2.28. The van der Waals surface area contributed by atoms with E-state index >= 15 is 0 Å². The van der Waals surface area contributed by atoms with E-state index in [-0.39, 0.29) is 6.04 Å². The van der Waals surface area contributed by atoms with Gasteiger partial charge in [-0.25, -0.2) is 13.1 Å². The molecule has 1 aliphatic carbocycles. The zero-order valence-corrected chi connectivity index (χ0v) is 11.6. The molecule has 0 radical (unpaired) electrons. The molecule has 1 aromatic carbocycles. The molecule has 1 aromatic rings. The maximum Gasteiger partial charge on any atom is 0.242 e. The monoisotopic (exact) mass is 281 g/mol. The second-order valence-corrected chi connectivity index (χ2v) is 6.78. The first-order valence-electron chi connectivity index (χ1n) is 6.74. The van der Waals surface area contributed by atoms with Gasteiger partial charge in [0.05, 0.1) is 5.69 Å². The van der Waals surface area contributed by atoms with Gasteiger partial charge in [-0.1, -0.05) is 12.1 Å². The van der Waals surface area contributed by atoms with Crippen LogP contribution in [0.1, 0.15) is 12.8 Å². The fraction of sp³-hybridized carbons (Fsp3) is 0.538. The molecule has 104 valence electrons. The third-order valence-corrected chi connectivity index (χ3v) is 5.08. The molecule has 1 saturated heterocycles. The molecule has 1 heterocycles. The molecular weight excluding hydrogens is 262 g/mol. The number of nitrogens with zero attached hydrogens (tertiary/aromatic N) is 1. The van der Waals surface area contributed by atoms with Crippen LogP contribution in [0, 0.1) is 0 Å². The van der Waals surface area contributed by atoms with Crippen LogP contribution in [-0.2, 0) is 10.0 Å². The summed E-state index contributed by atoms with van der Waals surface area (Å²) in [6.07, 6.45) is 1.91. The van der Waals surface area contributed by atoms with E-state index in [0.717, 1.165) is 44.7 Å². The third-order valence-electron chi connectivity index (χ3n) is 3.51. The van der Waals surface area contributed by atoms with Gasteiger partial charge in [-0.2, -0.15) is 0 Å². The third kappa shape index (κ3) is 2.91. The number of hydrogen-bond acceptors (Lipinski definition) is 4. The van der Waals surface area contributed by atoms with Crippen molar-refractivity contribution in [2.75, 3.05) is 31.1 Å². The standard InChI is InChI=1S/C13H19N3O2S/c17-19(18,15-11-5-6-11)13-4-2-1-3-12(13)16-9-7-14-8-10-16/h1-4,11,14-15H,5-10H2. The SMILES string of the molecule is O=S(=O)(NC1CC1)c1ccccc1N1CCNCC1. The minimum atomic E-state index is -3.39. The normalized spacial score (nSPS) is 20.5. The van der Waals surface area contributed by atoms with Crippen molar-refractivity contribution in [3.63, 3.8) is 0 Å². The van der Waals surface area contributed by atoms with E-state index in [1.807, 2.05) is 12.1 Å². The van der Waals surface area contributed by atoms with Gasteiger partial charge in [0.1, 0.15) is 4.90 Å². The van der Waals surface area contributed by atoms with E-state index in [1.165, 1.54) is 0 Å². The van der Waals surface area contributed by atoms with Crippen LogP contribution < -0.4 is 14.9 Å². The Balaban J connectivity index is 1.91. The maximum atomic E-state index is 12.4. The fourth-order valence-corrected chi connectivity index (χ4v) is 3.87. The molecule has 0 bridgehead atoms. The Kier molecular flexibility index (Phi) is 3.47. The first kappa shape index (κ1) is 12.9. The molecule has 0 unspecified atom stereocenters. The Morgan fingerprint density at radius 1 is 1.16 bits per heavy atom. The van der Waals surface area contributed by atoms with Crippen LogP contribution in [0.5, 0.6) is 0 Å². The number of hydrogen-bond donors (Lipinski definition) is 2. The van der Waals surface area contributed by atoms with Crippen LogP contribution in [0.4, 0.5) is 5.69 Å². The smallest absolute Gasteiger partial charge is 0.242 e. The molecule has 2 N–H and O–H groups in total. The minimum Gasteiger partial charge on any atom is -0.368 e. The molecule has 2 aliphatic rings. The van der Waals surface area contributed by atoms with Gasteiger partial charge in [0.25, 0.3) is 0 Å². The van der Waals surface area contributed by atoms with Crippen LogP contribution in [0.15, 0.2) is 29.2 Å². The molecule has 0 spiro atoms. The Labute approximate surface area is 114 Å². The van der Waals surface area contributed by atoms with Crippen LogP contribution in [-0.4, -0.2) is 40.6 Å². The van der Waals surface area contributed by atoms with Crippen LogP contribution in [0.2, 0.25) is 0 Å². The highest BCUT2D eigenvalue weighted by molar-refractivity contribution is 7.89. The molecule has 1 aliphatic heterocycles. The van der Waals surface area contributed by atoms with Gasteiger partial charge in [-0.15, -0.1) is 0 Å². The second kappa shape index (κ2) is 5.11. The van der Waals surface area contributed by atoms with E-state index < -0.39 is 10.0 Å². The van der Waals surface area contributed by atoms with Crippen molar-refractivity contribution in [2.45, 2.75) is 23.8 Å². The zero-order valence-electron chi connectivity index (χ0n) is 10.8. The summed E-state index contributed by atoms with van der Waals surface area (Å²) < 4.78 is 27.5. The summed E-state index contributed by atoms with van der Waals surface area (Å²) in [7, 11) is -3.39. The summed E-state index contributed by atoms with van der Waals surface area (Å²) in [6, 6.07) is 7.41. The Morgan fingerprint density at radius 2 is 1.84 bits per heavy atom. The quantitative estimate of drug-likeness (QED) is 0.845. The summed E-state index contributed by atoms with van der Waals surface area (Å²) in [5.41, 5.74) is 0.817. The lowest BCUT2D eigenvalue weighted by atomic mass is 10.2. The molecule has 0 atom stereocenters. The topological polar surface area (TPSA) is 61.4 Å². The van der Waals surface area contributed by atoms with Crippen LogP contribution in [0.25, 0.3) is 0 Å². The van der Waals surface area contributed by atoms with Crippen LogP contribution in [0.3, 0.4) is 0 Å². The lowest BCUT2D eigenvalue weighted by Gasteiger charge is -2.30. The number of benzene rings is 1. The van der Waals surface area contributed by atoms with Crippen molar-refractivity contribution in [1.82, 2.24) is 10.0 Å². The lowest BCUT2D eigenvalue weighted by Crippen LogP contribution is -2.44. The van der Waals surface area contributed by atoms with Crippen LogP contribution >= 0.6 is 0 Å². The van der Waals surface area contributed by atoms with E-state index in [2.05, 4.69) is 14.9 Å². The molecular formula is C13H19N3O2S. The van der Waals surface area contributed by atoms with Crippen molar-refractivity contribution in [3.8, 4) is 0 Å². The first-order chi connectivity index (χ1) is 9.17. The Bertz CT molecular complexity index is 549. The van der Waals surface area contributed by atoms with Crippen molar-refractivity contribution >= 4 is 15.7 Å². The number of nitrogens with one attached hydrogen (secondary N) is 2. The predicted molar refractivity (Wildman–Crippen MR) is 74.9 cm³/mol. The van der Waals surface area contributed by atoms with Crippen molar-refractivity contribution < 1.29 is 8.42 Å². The van der Waals surface area contributed by atoms with E-state index in [1.54, 1.807) is 12.1 Å². The molecule has 2 fully saturated rings. The average molecular weight is 281 g/mol. The number of piperazine rings is 1. The van der Waals surface area contributed by atoms with E-state index in [0.29, 0.717) is 4.90 Å². The summed E-state index contributed by atoms with van der Waals surface area (Å²) in [4.78, 5) is 2.54. The van der Waals surface area contributed by atoms with Gasteiger partial charge in [-0.3, -0.25) is 0 Å². The number of anilines is 1.